The molecule has 3 aromatic rings. The minimum Gasteiger partial charge on any atom is -0.388 e. The molecule has 0 radical (unpaired) electrons. The fourth-order valence-corrected chi connectivity index (χ4v) is 4.37. The molecule has 172 valence electrons. The van der Waals surface area contributed by atoms with E-state index in [0.29, 0.717) is 27.6 Å². The van der Waals surface area contributed by atoms with Gasteiger partial charge in [0.05, 0.1) is 23.3 Å². The molecule has 3 atom stereocenters. The lowest BCUT2D eigenvalue weighted by molar-refractivity contribution is 0.0303. The lowest BCUT2D eigenvalue weighted by atomic mass is 9.83. The summed E-state index contributed by atoms with van der Waals surface area (Å²) in [4.78, 5) is 0. The molecule has 3 aromatic carbocycles. The molecule has 0 bridgehead atoms. The smallest absolute Gasteiger partial charge is 0.129 e. The molecule has 0 fully saturated rings. The summed E-state index contributed by atoms with van der Waals surface area (Å²) in [5.74, 6) is -0.533. The molecule has 0 saturated carbocycles. The van der Waals surface area contributed by atoms with Crippen LogP contribution in [0.4, 0.5) is 4.39 Å². The topological polar surface area (TPSA) is 56.0 Å². The molecule has 3 nitrogen and oxygen atoms in total. The molecule has 3 rings (SSSR count). The van der Waals surface area contributed by atoms with Crippen LogP contribution in [0.3, 0.4) is 0 Å². The Morgan fingerprint density at radius 3 is 2.30 bits per heavy atom. The van der Waals surface area contributed by atoms with Crippen molar-refractivity contribution < 1.29 is 9.50 Å². The molecule has 6 heteroatoms. The van der Waals surface area contributed by atoms with Gasteiger partial charge in [0, 0.05) is 27.6 Å². The molecular weight excluding hydrogens is 458 g/mol. The van der Waals surface area contributed by atoms with Crippen LogP contribution in [0.5, 0.6) is 0 Å². The van der Waals surface area contributed by atoms with E-state index in [2.05, 4.69) is 11.4 Å². The van der Waals surface area contributed by atoms with Crippen molar-refractivity contribution in [2.75, 3.05) is 0 Å². The summed E-state index contributed by atoms with van der Waals surface area (Å²) in [7, 11) is 0. The first-order chi connectivity index (χ1) is 15.6. The van der Waals surface area contributed by atoms with Gasteiger partial charge >= 0.3 is 0 Å². The predicted molar refractivity (Wildman–Crippen MR) is 132 cm³/mol. The third-order valence-electron chi connectivity index (χ3n) is 5.83. The molecule has 1 unspecified atom stereocenters. The summed E-state index contributed by atoms with van der Waals surface area (Å²) in [6.45, 7) is 5.30. The highest BCUT2D eigenvalue weighted by Gasteiger charge is 2.33. The second kappa shape index (κ2) is 10.7. The zero-order valence-electron chi connectivity index (χ0n) is 18.8. The van der Waals surface area contributed by atoms with Crippen molar-refractivity contribution in [3.8, 4) is 6.07 Å². The Bertz CT molecular complexity index is 1140. The summed E-state index contributed by atoms with van der Waals surface area (Å²) in [5, 5.41) is 24.7. The first kappa shape index (κ1) is 25.2. The molecular formula is C27H27Cl2FN2O. The molecule has 0 aliphatic rings. The number of nitrogens with zero attached hydrogens (tertiary/aromatic N) is 1. The maximum Gasteiger partial charge on any atom is 0.129 e. The summed E-state index contributed by atoms with van der Waals surface area (Å²) in [6.07, 6.45) is 0.669. The van der Waals surface area contributed by atoms with Crippen LogP contribution in [-0.2, 0) is 6.42 Å². The Kier molecular flexibility index (Phi) is 8.15. The van der Waals surface area contributed by atoms with Gasteiger partial charge in [-0.1, -0.05) is 53.5 Å². The van der Waals surface area contributed by atoms with E-state index < -0.39 is 17.5 Å². The van der Waals surface area contributed by atoms with Gasteiger partial charge in [-0.2, -0.15) is 5.26 Å². The van der Waals surface area contributed by atoms with E-state index in [1.807, 2.05) is 49.4 Å². The summed E-state index contributed by atoms with van der Waals surface area (Å²) >= 11 is 12.0. The van der Waals surface area contributed by atoms with Crippen LogP contribution in [-0.4, -0.2) is 16.7 Å². The normalized spacial score (nSPS) is 14.4. The van der Waals surface area contributed by atoms with Gasteiger partial charge in [0.1, 0.15) is 5.82 Å². The molecule has 0 amide bonds. The minimum atomic E-state index is -1.25. The number of benzene rings is 3. The zero-order valence-corrected chi connectivity index (χ0v) is 20.3. The first-order valence-corrected chi connectivity index (χ1v) is 11.5. The van der Waals surface area contributed by atoms with Gasteiger partial charge < -0.3 is 10.4 Å². The maximum absolute atomic E-state index is 14.8. The Hall–Kier alpha value is -2.42. The lowest BCUT2D eigenvalue weighted by Gasteiger charge is -2.36. The summed E-state index contributed by atoms with van der Waals surface area (Å²) in [6, 6.07) is 20.9. The lowest BCUT2D eigenvalue weighted by Crippen LogP contribution is -2.45. The Morgan fingerprint density at radius 1 is 1.03 bits per heavy atom. The monoisotopic (exact) mass is 484 g/mol. The van der Waals surface area contributed by atoms with Gasteiger partial charge in [0.2, 0.25) is 0 Å². The number of nitriles is 1. The maximum atomic E-state index is 14.8. The van der Waals surface area contributed by atoms with Crippen LogP contribution in [0.2, 0.25) is 10.0 Å². The van der Waals surface area contributed by atoms with Gasteiger partial charge in [-0.3, -0.25) is 0 Å². The molecule has 0 heterocycles. The minimum absolute atomic E-state index is 0.0558. The third kappa shape index (κ3) is 6.56. The molecule has 0 saturated heterocycles. The van der Waals surface area contributed by atoms with Gasteiger partial charge in [0.25, 0.3) is 0 Å². The van der Waals surface area contributed by atoms with E-state index in [1.54, 1.807) is 32.0 Å². The average Bonchev–Trinajstić information content (AvgIpc) is 2.76. The highest BCUT2D eigenvalue weighted by atomic mass is 35.5. The van der Waals surface area contributed by atoms with Crippen molar-refractivity contribution in [2.24, 2.45) is 0 Å². The van der Waals surface area contributed by atoms with E-state index in [1.165, 1.54) is 6.07 Å². The van der Waals surface area contributed by atoms with E-state index in [9.17, 15) is 14.8 Å². The Morgan fingerprint density at radius 2 is 1.70 bits per heavy atom. The SMILES string of the molecule is C[C@H](NC(c1ccc(Cl)cc1F)C(C)(C)O)[C@@H](Cc1ccc(Cl)cc1)c1cccc(C#N)c1. The molecule has 2 N–H and O–H groups in total. The highest BCUT2D eigenvalue weighted by molar-refractivity contribution is 6.30. The predicted octanol–water partition coefficient (Wildman–Crippen LogP) is 6.82. The van der Waals surface area contributed by atoms with Crippen LogP contribution >= 0.6 is 23.2 Å². The van der Waals surface area contributed by atoms with Crippen LogP contribution in [0.1, 0.15) is 55.0 Å². The second-order valence-electron chi connectivity index (χ2n) is 8.88. The number of hydrogen-bond donors (Lipinski definition) is 2. The fraction of sp³-hybridized carbons (Fsp3) is 0.296. The third-order valence-corrected chi connectivity index (χ3v) is 6.31. The Balaban J connectivity index is 1.98. The molecule has 0 aromatic heterocycles. The number of rotatable bonds is 8. The molecule has 0 spiro atoms. The first-order valence-electron chi connectivity index (χ1n) is 10.8. The van der Waals surface area contributed by atoms with Crippen molar-refractivity contribution in [1.82, 2.24) is 5.32 Å². The molecule has 0 aliphatic carbocycles. The Labute approximate surface area is 204 Å². The zero-order chi connectivity index (χ0) is 24.2. The second-order valence-corrected chi connectivity index (χ2v) is 9.76. The van der Waals surface area contributed by atoms with E-state index in [0.717, 1.165) is 11.1 Å². The molecule has 0 aliphatic heterocycles. The van der Waals surface area contributed by atoms with Gasteiger partial charge in [0.15, 0.2) is 0 Å². The average molecular weight is 485 g/mol. The van der Waals surface area contributed by atoms with Crippen molar-refractivity contribution in [1.29, 1.82) is 5.26 Å². The van der Waals surface area contributed by atoms with Crippen molar-refractivity contribution in [3.63, 3.8) is 0 Å². The van der Waals surface area contributed by atoms with Crippen molar-refractivity contribution in [3.05, 3.63) is 105 Å². The van der Waals surface area contributed by atoms with Crippen LogP contribution in [0.15, 0.2) is 66.7 Å². The van der Waals surface area contributed by atoms with Crippen LogP contribution in [0.25, 0.3) is 0 Å². The summed E-state index contributed by atoms with van der Waals surface area (Å²) < 4.78 is 14.8. The van der Waals surface area contributed by atoms with Crippen molar-refractivity contribution in [2.45, 2.75) is 50.8 Å². The molecule has 33 heavy (non-hydrogen) atoms. The van der Waals surface area contributed by atoms with Gasteiger partial charge in [-0.25, -0.2) is 4.39 Å². The van der Waals surface area contributed by atoms with E-state index in [4.69, 9.17) is 23.2 Å². The van der Waals surface area contributed by atoms with E-state index in [-0.39, 0.29) is 12.0 Å². The number of hydrogen-bond acceptors (Lipinski definition) is 3. The standard InChI is InChI=1S/C27H27Cl2FN2O/c1-17(32-26(27(2,3)33)23-12-11-22(29)15-25(23)30)24(14-18-7-9-21(28)10-8-18)20-6-4-5-19(13-20)16-31/h4-13,15,17,24,26,32-33H,14H2,1-3H3/t17-,24+,26?/m0/s1. The van der Waals surface area contributed by atoms with E-state index >= 15 is 0 Å². The quantitative estimate of drug-likeness (QED) is 0.368. The van der Waals surface area contributed by atoms with Gasteiger partial charge in [-0.15, -0.1) is 0 Å². The number of halogens is 3. The van der Waals surface area contributed by atoms with Crippen LogP contribution in [0, 0.1) is 17.1 Å². The fourth-order valence-electron chi connectivity index (χ4n) is 4.09. The number of nitrogens with one attached hydrogen (secondary N) is 1. The highest BCUT2D eigenvalue weighted by Crippen LogP contribution is 2.33. The van der Waals surface area contributed by atoms with Gasteiger partial charge in [-0.05, 0) is 74.7 Å². The summed E-state index contributed by atoms with van der Waals surface area (Å²) in [5.41, 5.74) is 1.73. The van der Waals surface area contributed by atoms with Crippen molar-refractivity contribution >= 4 is 23.2 Å². The number of aliphatic hydroxyl groups is 1. The largest absolute Gasteiger partial charge is 0.388 e. The van der Waals surface area contributed by atoms with Crippen LogP contribution < -0.4 is 5.32 Å².